The van der Waals surface area contributed by atoms with Crippen molar-refractivity contribution in [3.63, 3.8) is 0 Å². The van der Waals surface area contributed by atoms with Gasteiger partial charge in [-0.2, -0.15) is 0 Å². The molecule has 0 bridgehead atoms. The van der Waals surface area contributed by atoms with Gasteiger partial charge < -0.3 is 73.5 Å². The zero-order valence-corrected chi connectivity index (χ0v) is 44.7. The number of hydrogen-bond donors (Lipinski definition) is 4. The summed E-state index contributed by atoms with van der Waals surface area (Å²) in [5.41, 5.74) is 0.254. The quantitative estimate of drug-likeness (QED) is 0.0379. The summed E-state index contributed by atoms with van der Waals surface area (Å²) in [6.45, 7) is 17.5. The van der Waals surface area contributed by atoms with Crippen LogP contribution in [-0.4, -0.2) is 128 Å². The lowest BCUT2D eigenvalue weighted by atomic mass is 9.65. The van der Waals surface area contributed by atoms with E-state index in [1.165, 1.54) is 13.2 Å². The Morgan fingerprint density at radius 2 is 1.27 bits per heavy atom. The van der Waals surface area contributed by atoms with Crippen molar-refractivity contribution < 1.29 is 76.5 Å². The first-order chi connectivity index (χ1) is 35.4. The van der Waals surface area contributed by atoms with Gasteiger partial charge in [-0.25, -0.2) is 24.0 Å². The van der Waals surface area contributed by atoms with Gasteiger partial charge in [0.2, 0.25) is 12.5 Å². The summed E-state index contributed by atoms with van der Waals surface area (Å²) in [5, 5.41) is 20.0. The van der Waals surface area contributed by atoms with Crippen molar-refractivity contribution in [2.45, 2.75) is 123 Å². The number of phenols is 1. The number of hydrogen-bond acceptors (Lipinski definition) is 16. The van der Waals surface area contributed by atoms with E-state index in [0.717, 1.165) is 5.56 Å². The number of urea groups is 1. The Bertz CT molecular complexity index is 2500. The van der Waals surface area contributed by atoms with E-state index in [2.05, 4.69) is 16.0 Å². The summed E-state index contributed by atoms with van der Waals surface area (Å²) in [7, 11) is 1.35. The molecule has 75 heavy (non-hydrogen) atoms. The lowest BCUT2D eigenvalue weighted by Gasteiger charge is -2.39. The smallest absolute Gasteiger partial charge is 0.504 e. The number of carbonyl (C=O) groups is 6. The van der Waals surface area contributed by atoms with Crippen LogP contribution in [0.5, 0.6) is 28.7 Å². The molecule has 1 aliphatic carbocycles. The van der Waals surface area contributed by atoms with Crippen molar-refractivity contribution in [3.05, 3.63) is 76.9 Å². The van der Waals surface area contributed by atoms with Crippen molar-refractivity contribution >= 4 is 36.4 Å². The normalized spacial score (nSPS) is 17.5. The number of esters is 1. The topological polar surface area (TPSA) is 248 Å². The van der Waals surface area contributed by atoms with Gasteiger partial charge in [0.05, 0.1) is 25.7 Å². The first kappa shape index (κ1) is 57.0. The lowest BCUT2D eigenvalue weighted by Crippen LogP contribution is -2.46. The Kier molecular flexibility index (Phi) is 18.8. The maximum atomic E-state index is 13.8. The third kappa shape index (κ3) is 16.3. The standard InChI is InChI=1S/C54H73N5O16/c1-52(2,3)73-48(63)56-21-17-25-59(50(65)75-54(7,8)9)23-15-14-22-58(49(64)74-53(4,5)6)24-16-20-55-47(62)57-44-36-29-40-39(70-32-71-40)28-35(36)42(43-37(44)31-68-46(43)61)34-26-38(60)45(41(27-34)67-10)72-51(66)69-30-33-18-12-11-13-19-33/h11-13,18-19,26-29,37,42-44,60H,14-17,20-25,30-32H2,1-10H3,(H,56,63)(H2,55,57,62)/t37-,42?,43-,44+/m0/s1. The molecule has 1 fully saturated rings. The summed E-state index contributed by atoms with van der Waals surface area (Å²) in [6, 6.07) is 14.2. The van der Waals surface area contributed by atoms with Crippen LogP contribution in [0.15, 0.2) is 54.6 Å². The molecule has 410 valence electrons. The van der Waals surface area contributed by atoms with E-state index >= 15 is 0 Å². The monoisotopic (exact) mass is 1050 g/mol. The summed E-state index contributed by atoms with van der Waals surface area (Å²) in [5.74, 6) is -2.57. The Morgan fingerprint density at radius 1 is 0.707 bits per heavy atom. The molecule has 21 nitrogen and oxygen atoms in total. The number of aromatic hydroxyl groups is 1. The fourth-order valence-corrected chi connectivity index (χ4v) is 8.90. The minimum atomic E-state index is -1.07. The molecule has 0 spiro atoms. The fourth-order valence-electron chi connectivity index (χ4n) is 8.90. The molecule has 2 heterocycles. The fraction of sp³-hybridized carbons (Fsp3) is 0.556. The zero-order valence-electron chi connectivity index (χ0n) is 44.7. The van der Waals surface area contributed by atoms with Crippen LogP contribution < -0.4 is 34.9 Å². The van der Waals surface area contributed by atoms with Crippen molar-refractivity contribution in [2.24, 2.45) is 11.8 Å². The summed E-state index contributed by atoms with van der Waals surface area (Å²) in [6.07, 6.45) is -0.777. The molecule has 4 N–H and O–H groups in total. The van der Waals surface area contributed by atoms with Crippen molar-refractivity contribution in [1.82, 2.24) is 25.8 Å². The van der Waals surface area contributed by atoms with Gasteiger partial charge in [-0.3, -0.25) is 4.79 Å². The van der Waals surface area contributed by atoms with Crippen LogP contribution in [0, 0.1) is 11.8 Å². The number of fused-ring (bicyclic) bond motifs is 3. The third-order valence-corrected chi connectivity index (χ3v) is 12.1. The minimum absolute atomic E-state index is 0.000223. The number of carbonyl (C=O) groups excluding carboxylic acids is 6. The number of alkyl carbamates (subject to hydrolysis) is 1. The van der Waals surface area contributed by atoms with Crippen molar-refractivity contribution in [3.8, 4) is 28.7 Å². The highest BCUT2D eigenvalue weighted by Crippen LogP contribution is 2.55. The van der Waals surface area contributed by atoms with E-state index in [9.17, 15) is 33.9 Å². The molecule has 5 amide bonds. The molecule has 21 heteroatoms. The van der Waals surface area contributed by atoms with E-state index < -0.39 is 82.8 Å². The number of nitrogens with one attached hydrogen (secondary N) is 3. The predicted octanol–water partition coefficient (Wildman–Crippen LogP) is 8.68. The van der Waals surface area contributed by atoms with Gasteiger partial charge in [0.25, 0.3) is 0 Å². The lowest BCUT2D eigenvalue weighted by molar-refractivity contribution is -0.141. The van der Waals surface area contributed by atoms with E-state index in [1.807, 2.05) is 6.07 Å². The Labute approximate surface area is 438 Å². The van der Waals surface area contributed by atoms with Gasteiger partial charge in [0, 0.05) is 51.1 Å². The second-order valence-corrected chi connectivity index (χ2v) is 21.5. The molecule has 1 unspecified atom stereocenters. The number of rotatable bonds is 19. The third-order valence-electron chi connectivity index (χ3n) is 12.1. The van der Waals surface area contributed by atoms with Gasteiger partial charge >= 0.3 is 36.4 Å². The van der Waals surface area contributed by atoms with Crippen LogP contribution in [0.25, 0.3) is 0 Å². The molecule has 0 aromatic heterocycles. The molecule has 2 aliphatic heterocycles. The van der Waals surface area contributed by atoms with Crippen molar-refractivity contribution in [2.75, 3.05) is 59.8 Å². The highest BCUT2D eigenvalue weighted by atomic mass is 16.7. The van der Waals surface area contributed by atoms with Crippen LogP contribution in [0.4, 0.5) is 24.0 Å². The van der Waals surface area contributed by atoms with Crippen LogP contribution in [0.1, 0.15) is 122 Å². The second-order valence-electron chi connectivity index (χ2n) is 21.5. The molecule has 4 atom stereocenters. The first-order valence-electron chi connectivity index (χ1n) is 25.3. The van der Waals surface area contributed by atoms with E-state index in [1.54, 1.807) is 115 Å². The minimum Gasteiger partial charge on any atom is -0.504 e. The average Bonchev–Trinajstić information content (AvgIpc) is 3.95. The SMILES string of the molecule is COc1cc(C2c3cc4c(cc3[C@@H](NC(=O)NCCCN(CCCCN(CCCNC(=O)OC(C)(C)C)C(=O)OC(C)(C)C)C(=O)OC(C)(C)C)[C@H]3COC(=O)[C@H]23)OCO4)cc(O)c1OC(=O)OCc1ccccc1. The summed E-state index contributed by atoms with van der Waals surface area (Å²) >= 11 is 0. The number of cyclic esters (lactones) is 1. The molecular weight excluding hydrogens is 975 g/mol. The number of benzene rings is 3. The molecule has 1 saturated heterocycles. The van der Waals surface area contributed by atoms with Crippen LogP contribution in [0.2, 0.25) is 0 Å². The van der Waals surface area contributed by atoms with Crippen LogP contribution in [0.3, 0.4) is 0 Å². The van der Waals surface area contributed by atoms with Crippen LogP contribution >= 0.6 is 0 Å². The van der Waals surface area contributed by atoms with E-state index in [0.29, 0.717) is 73.5 Å². The maximum Gasteiger partial charge on any atom is 0.514 e. The average molecular weight is 1050 g/mol. The van der Waals surface area contributed by atoms with Gasteiger partial charge in [-0.05, 0) is 135 Å². The summed E-state index contributed by atoms with van der Waals surface area (Å²) < 4.78 is 50.2. The maximum absolute atomic E-state index is 13.8. The molecule has 3 aliphatic rings. The molecule has 0 saturated carbocycles. The number of unbranched alkanes of at least 4 members (excludes halogenated alkanes) is 1. The van der Waals surface area contributed by atoms with E-state index in [-0.39, 0.29) is 51.1 Å². The molecule has 6 rings (SSSR count). The first-order valence-corrected chi connectivity index (χ1v) is 25.3. The number of phenolic OH excluding ortho intramolecular Hbond substituents is 1. The van der Waals surface area contributed by atoms with Gasteiger partial charge in [-0.1, -0.05) is 30.3 Å². The van der Waals surface area contributed by atoms with Crippen molar-refractivity contribution in [1.29, 1.82) is 0 Å². The van der Waals surface area contributed by atoms with E-state index in [4.69, 9.17) is 42.6 Å². The number of amides is 5. The summed E-state index contributed by atoms with van der Waals surface area (Å²) in [4.78, 5) is 82.4. The Morgan fingerprint density at radius 3 is 1.84 bits per heavy atom. The highest BCUT2D eigenvalue weighted by molar-refractivity contribution is 5.81. The van der Waals surface area contributed by atoms with Crippen LogP contribution in [-0.2, 0) is 35.1 Å². The highest BCUT2D eigenvalue weighted by Gasteiger charge is 2.53. The number of nitrogens with zero attached hydrogens (tertiary/aromatic N) is 2. The molecule has 3 aromatic carbocycles. The number of methoxy groups -OCH3 is 1. The molecular formula is C54H73N5O16. The largest absolute Gasteiger partial charge is 0.514 e. The number of ether oxygens (including phenoxy) is 9. The van der Waals surface area contributed by atoms with Gasteiger partial charge in [0.1, 0.15) is 23.4 Å². The molecule has 0 radical (unpaired) electrons. The zero-order chi connectivity index (χ0) is 54.7. The molecule has 3 aromatic rings. The Hall–Kier alpha value is -7.32. The Balaban J connectivity index is 1.10. The predicted molar refractivity (Wildman–Crippen MR) is 272 cm³/mol. The van der Waals surface area contributed by atoms with Gasteiger partial charge in [-0.15, -0.1) is 0 Å². The van der Waals surface area contributed by atoms with Gasteiger partial charge in [0.15, 0.2) is 23.0 Å². The second kappa shape index (κ2) is 24.8.